The van der Waals surface area contributed by atoms with E-state index in [0.29, 0.717) is 30.4 Å². The summed E-state index contributed by atoms with van der Waals surface area (Å²) < 4.78 is 10.5. The number of aryl methyl sites for hydroxylation is 1. The largest absolute Gasteiger partial charge is 0.497 e. The van der Waals surface area contributed by atoms with Gasteiger partial charge in [-0.1, -0.05) is 30.3 Å². The third kappa shape index (κ3) is 5.44. The Hall–Kier alpha value is -3.61. The highest BCUT2D eigenvalue weighted by Crippen LogP contribution is 2.17. The van der Waals surface area contributed by atoms with Crippen molar-refractivity contribution in [1.82, 2.24) is 15.3 Å². The molecular formula is C22H24N4O3. The van der Waals surface area contributed by atoms with Gasteiger partial charge in [0.05, 0.1) is 14.2 Å². The molecule has 0 aliphatic heterocycles. The van der Waals surface area contributed by atoms with Crippen molar-refractivity contribution in [3.05, 3.63) is 77.1 Å². The van der Waals surface area contributed by atoms with Crippen molar-refractivity contribution in [3.8, 4) is 11.5 Å². The van der Waals surface area contributed by atoms with Gasteiger partial charge in [-0.3, -0.25) is 4.79 Å². The van der Waals surface area contributed by atoms with Gasteiger partial charge in [-0.25, -0.2) is 9.97 Å². The van der Waals surface area contributed by atoms with E-state index < -0.39 is 0 Å². The number of para-hydroxylation sites is 1. The van der Waals surface area contributed by atoms with Crippen LogP contribution in [0.2, 0.25) is 0 Å². The molecule has 1 heterocycles. The highest BCUT2D eigenvalue weighted by atomic mass is 16.5. The molecular weight excluding hydrogens is 368 g/mol. The Morgan fingerprint density at radius 1 is 0.966 bits per heavy atom. The van der Waals surface area contributed by atoms with E-state index in [0.717, 1.165) is 22.6 Å². The van der Waals surface area contributed by atoms with E-state index in [-0.39, 0.29) is 5.91 Å². The number of aromatic nitrogens is 2. The van der Waals surface area contributed by atoms with Crippen LogP contribution in [0.25, 0.3) is 0 Å². The lowest BCUT2D eigenvalue weighted by molar-refractivity contribution is 0.0945. The molecule has 1 aromatic heterocycles. The fourth-order valence-corrected chi connectivity index (χ4v) is 2.80. The summed E-state index contributed by atoms with van der Waals surface area (Å²) in [5, 5.41) is 6.04. The van der Waals surface area contributed by atoms with Crippen molar-refractivity contribution in [2.24, 2.45) is 0 Å². The third-order valence-corrected chi connectivity index (χ3v) is 4.33. The molecule has 0 spiro atoms. The molecule has 29 heavy (non-hydrogen) atoms. The maximum atomic E-state index is 12.6. The second kappa shape index (κ2) is 9.54. The quantitative estimate of drug-likeness (QED) is 0.612. The monoisotopic (exact) mass is 392 g/mol. The fraction of sp³-hybridized carbons (Fsp3) is 0.227. The second-order valence-corrected chi connectivity index (χ2v) is 6.41. The molecule has 7 nitrogen and oxygen atoms in total. The zero-order chi connectivity index (χ0) is 20.6. The van der Waals surface area contributed by atoms with Gasteiger partial charge in [-0.15, -0.1) is 0 Å². The molecule has 3 aromatic rings. The minimum absolute atomic E-state index is 0.270. The third-order valence-electron chi connectivity index (χ3n) is 4.33. The number of anilines is 1. The number of nitrogens with zero attached hydrogens (tertiary/aromatic N) is 2. The van der Waals surface area contributed by atoms with Crippen LogP contribution in [-0.2, 0) is 13.1 Å². The summed E-state index contributed by atoms with van der Waals surface area (Å²) in [6.07, 6.45) is 0. The van der Waals surface area contributed by atoms with Crippen LogP contribution >= 0.6 is 0 Å². The van der Waals surface area contributed by atoms with Gasteiger partial charge in [0.15, 0.2) is 0 Å². The normalized spacial score (nSPS) is 10.3. The van der Waals surface area contributed by atoms with E-state index in [2.05, 4.69) is 20.6 Å². The van der Waals surface area contributed by atoms with Crippen LogP contribution in [0.15, 0.2) is 54.6 Å². The van der Waals surface area contributed by atoms with Crippen LogP contribution in [0.3, 0.4) is 0 Å². The Morgan fingerprint density at radius 3 is 2.45 bits per heavy atom. The Kier molecular flexibility index (Phi) is 6.63. The molecule has 0 unspecified atom stereocenters. The van der Waals surface area contributed by atoms with Crippen LogP contribution in [0.1, 0.15) is 27.3 Å². The molecule has 0 bridgehead atoms. The van der Waals surface area contributed by atoms with E-state index in [1.165, 1.54) is 0 Å². The standard InChI is InChI=1S/C22H24N4O3/c1-15-12-19(21(27)23-14-17-6-4-5-7-20(17)29-3)26-22(25-15)24-13-16-8-10-18(28-2)11-9-16/h4-12H,13-14H2,1-3H3,(H,23,27)(H,24,25,26). The van der Waals surface area contributed by atoms with E-state index in [1.807, 2.05) is 55.5 Å². The molecule has 150 valence electrons. The first-order valence-corrected chi connectivity index (χ1v) is 9.21. The Balaban J connectivity index is 1.65. The smallest absolute Gasteiger partial charge is 0.270 e. The molecule has 2 N–H and O–H groups in total. The molecule has 0 aliphatic rings. The number of ether oxygens (including phenoxy) is 2. The van der Waals surface area contributed by atoms with E-state index >= 15 is 0 Å². The predicted octanol–water partition coefficient (Wildman–Crippen LogP) is 3.34. The van der Waals surface area contributed by atoms with Gasteiger partial charge in [0.2, 0.25) is 5.95 Å². The molecule has 0 saturated heterocycles. The maximum Gasteiger partial charge on any atom is 0.270 e. The second-order valence-electron chi connectivity index (χ2n) is 6.41. The van der Waals surface area contributed by atoms with Crippen molar-refractivity contribution in [2.45, 2.75) is 20.0 Å². The zero-order valence-corrected chi connectivity index (χ0v) is 16.7. The number of nitrogens with one attached hydrogen (secondary N) is 2. The van der Waals surface area contributed by atoms with Crippen LogP contribution < -0.4 is 20.1 Å². The minimum Gasteiger partial charge on any atom is -0.497 e. The Bertz CT molecular complexity index is 974. The van der Waals surface area contributed by atoms with Crippen LogP contribution in [-0.4, -0.2) is 30.1 Å². The zero-order valence-electron chi connectivity index (χ0n) is 16.7. The van der Waals surface area contributed by atoms with Gasteiger partial charge >= 0.3 is 0 Å². The average molecular weight is 392 g/mol. The summed E-state index contributed by atoms with van der Waals surface area (Å²) in [5.74, 6) is 1.67. The first kappa shape index (κ1) is 20.1. The highest BCUT2D eigenvalue weighted by Gasteiger charge is 2.12. The van der Waals surface area contributed by atoms with Gasteiger partial charge < -0.3 is 20.1 Å². The number of hydrogen-bond acceptors (Lipinski definition) is 6. The van der Waals surface area contributed by atoms with Crippen molar-refractivity contribution in [3.63, 3.8) is 0 Å². The predicted molar refractivity (Wildman–Crippen MR) is 111 cm³/mol. The number of rotatable bonds is 8. The Morgan fingerprint density at radius 2 is 1.72 bits per heavy atom. The molecule has 1 amide bonds. The molecule has 0 atom stereocenters. The van der Waals surface area contributed by atoms with Crippen molar-refractivity contribution in [1.29, 1.82) is 0 Å². The van der Waals surface area contributed by atoms with Gasteiger partial charge in [0.25, 0.3) is 5.91 Å². The van der Waals surface area contributed by atoms with Crippen molar-refractivity contribution >= 4 is 11.9 Å². The van der Waals surface area contributed by atoms with Gasteiger partial charge in [-0.05, 0) is 36.8 Å². The molecule has 0 aliphatic carbocycles. The van der Waals surface area contributed by atoms with Gasteiger partial charge in [-0.2, -0.15) is 0 Å². The van der Waals surface area contributed by atoms with E-state index in [1.54, 1.807) is 20.3 Å². The first-order chi connectivity index (χ1) is 14.1. The minimum atomic E-state index is -0.270. The Labute approximate surface area is 170 Å². The maximum absolute atomic E-state index is 12.6. The van der Waals surface area contributed by atoms with Crippen LogP contribution in [0.5, 0.6) is 11.5 Å². The average Bonchev–Trinajstić information content (AvgIpc) is 2.76. The topological polar surface area (TPSA) is 85.4 Å². The lowest BCUT2D eigenvalue weighted by atomic mass is 10.2. The lowest BCUT2D eigenvalue weighted by Gasteiger charge is -2.11. The number of methoxy groups -OCH3 is 2. The summed E-state index contributed by atoms with van der Waals surface area (Å²) in [6.45, 7) is 2.72. The lowest BCUT2D eigenvalue weighted by Crippen LogP contribution is -2.24. The highest BCUT2D eigenvalue weighted by molar-refractivity contribution is 5.92. The number of benzene rings is 2. The number of amides is 1. The molecule has 2 aromatic carbocycles. The number of carbonyl (C=O) groups is 1. The van der Waals surface area contributed by atoms with Gasteiger partial charge in [0.1, 0.15) is 17.2 Å². The molecule has 3 rings (SSSR count). The first-order valence-electron chi connectivity index (χ1n) is 9.21. The fourth-order valence-electron chi connectivity index (χ4n) is 2.80. The van der Waals surface area contributed by atoms with Crippen LogP contribution in [0, 0.1) is 6.92 Å². The number of hydrogen-bond donors (Lipinski definition) is 2. The summed E-state index contributed by atoms with van der Waals surface area (Å²) in [7, 11) is 3.24. The summed E-state index contributed by atoms with van der Waals surface area (Å²) in [6, 6.07) is 16.9. The van der Waals surface area contributed by atoms with Gasteiger partial charge in [0, 0.05) is 24.3 Å². The van der Waals surface area contributed by atoms with E-state index in [9.17, 15) is 4.79 Å². The summed E-state index contributed by atoms with van der Waals surface area (Å²) >= 11 is 0. The molecule has 0 fully saturated rings. The van der Waals surface area contributed by atoms with Crippen LogP contribution in [0.4, 0.5) is 5.95 Å². The molecule has 0 radical (unpaired) electrons. The van der Waals surface area contributed by atoms with E-state index in [4.69, 9.17) is 9.47 Å². The summed E-state index contributed by atoms with van der Waals surface area (Å²) in [5.41, 5.74) is 2.97. The molecule has 0 saturated carbocycles. The molecule has 7 heteroatoms. The van der Waals surface area contributed by atoms with Crippen molar-refractivity contribution in [2.75, 3.05) is 19.5 Å². The van der Waals surface area contributed by atoms with Crippen molar-refractivity contribution < 1.29 is 14.3 Å². The summed E-state index contributed by atoms with van der Waals surface area (Å²) in [4.78, 5) is 21.3. The number of carbonyl (C=O) groups excluding carboxylic acids is 1. The SMILES string of the molecule is COc1ccc(CNc2nc(C)cc(C(=O)NCc3ccccc3OC)n2)cc1.